The molecule has 2 nitrogen and oxygen atoms in total. The number of likely N-dealkylation sites (N-methyl/N-ethyl adjacent to an activating group) is 1. The summed E-state index contributed by atoms with van der Waals surface area (Å²) in [6, 6.07) is 1.28. The molecule has 1 heterocycles. The molecule has 0 aromatic heterocycles. The van der Waals surface area contributed by atoms with Gasteiger partial charge in [-0.25, -0.2) is 0 Å². The van der Waals surface area contributed by atoms with Crippen molar-refractivity contribution in [2.24, 2.45) is 0 Å². The molecule has 0 unspecified atom stereocenters. The molecule has 0 N–H and O–H groups in total. The van der Waals surface area contributed by atoms with Crippen molar-refractivity contribution < 1.29 is 0 Å². The van der Waals surface area contributed by atoms with E-state index < -0.39 is 0 Å². The highest BCUT2D eigenvalue weighted by Crippen LogP contribution is 2.12. The average Bonchev–Trinajstić information content (AvgIpc) is 1.97. The molecule has 0 aromatic rings. The first-order valence-electron chi connectivity index (χ1n) is 4.23. The predicted octanol–water partition coefficient (Wildman–Crippen LogP) is 1.15. The second-order valence-corrected chi connectivity index (χ2v) is 3.52. The Morgan fingerprint density at radius 2 is 1.91 bits per heavy atom. The molecule has 11 heavy (non-hydrogen) atoms. The lowest BCUT2D eigenvalue weighted by atomic mass is 10.1. The largest absolute Gasteiger partial charge is 0.372 e. The van der Waals surface area contributed by atoms with Crippen LogP contribution in [0, 0.1) is 0 Å². The number of nitrogens with zero attached hydrogens (tertiary/aromatic N) is 2. The third-order valence-corrected chi connectivity index (χ3v) is 2.58. The average molecular weight is 154 g/mol. The molecule has 1 rings (SSSR count). The van der Waals surface area contributed by atoms with E-state index in [-0.39, 0.29) is 0 Å². The van der Waals surface area contributed by atoms with E-state index in [0.29, 0.717) is 12.1 Å². The number of hydrogen-bond acceptors (Lipinski definition) is 2. The van der Waals surface area contributed by atoms with Crippen LogP contribution >= 0.6 is 0 Å². The Morgan fingerprint density at radius 3 is 2.45 bits per heavy atom. The van der Waals surface area contributed by atoms with Gasteiger partial charge in [0, 0.05) is 25.2 Å². The third-order valence-electron chi connectivity index (χ3n) is 2.58. The Hall–Kier alpha value is -0.500. The highest BCUT2D eigenvalue weighted by atomic mass is 15.3. The molecular formula is C9H18N2. The highest BCUT2D eigenvalue weighted by molar-refractivity contribution is 4.87. The summed E-state index contributed by atoms with van der Waals surface area (Å²) in [5.74, 6) is 0. The van der Waals surface area contributed by atoms with E-state index in [9.17, 15) is 0 Å². The predicted molar refractivity (Wildman–Crippen MR) is 48.5 cm³/mol. The Balaban J connectivity index is 2.54. The van der Waals surface area contributed by atoms with E-state index in [1.54, 1.807) is 0 Å². The van der Waals surface area contributed by atoms with Gasteiger partial charge in [-0.15, -0.1) is 0 Å². The van der Waals surface area contributed by atoms with Gasteiger partial charge >= 0.3 is 0 Å². The van der Waals surface area contributed by atoms with Crippen molar-refractivity contribution in [2.45, 2.75) is 25.9 Å². The number of piperazine rings is 1. The Kier molecular flexibility index (Phi) is 2.55. The van der Waals surface area contributed by atoms with E-state index in [4.69, 9.17) is 0 Å². The molecule has 0 aliphatic carbocycles. The van der Waals surface area contributed by atoms with Crippen LogP contribution < -0.4 is 0 Å². The molecule has 0 saturated carbocycles. The van der Waals surface area contributed by atoms with Gasteiger partial charge in [0.25, 0.3) is 0 Å². The topological polar surface area (TPSA) is 6.48 Å². The maximum atomic E-state index is 3.80. The summed E-state index contributed by atoms with van der Waals surface area (Å²) in [4.78, 5) is 4.70. The summed E-state index contributed by atoms with van der Waals surface area (Å²) in [7, 11) is 2.18. The van der Waals surface area contributed by atoms with Crippen molar-refractivity contribution >= 4 is 0 Å². The highest BCUT2D eigenvalue weighted by Gasteiger charge is 2.23. The van der Waals surface area contributed by atoms with E-state index >= 15 is 0 Å². The summed E-state index contributed by atoms with van der Waals surface area (Å²) in [6.45, 7) is 10.6. The number of rotatable bonds is 1. The van der Waals surface area contributed by atoms with Crippen molar-refractivity contribution in [3.8, 4) is 0 Å². The van der Waals surface area contributed by atoms with Crippen molar-refractivity contribution in [3.05, 3.63) is 12.8 Å². The fourth-order valence-electron chi connectivity index (χ4n) is 1.58. The van der Waals surface area contributed by atoms with E-state index in [1.165, 1.54) is 0 Å². The number of hydrogen-bond donors (Lipinski definition) is 0. The van der Waals surface area contributed by atoms with Gasteiger partial charge in [-0.3, -0.25) is 4.90 Å². The van der Waals surface area contributed by atoms with Crippen molar-refractivity contribution in [2.75, 3.05) is 20.1 Å². The third kappa shape index (κ3) is 1.74. The minimum absolute atomic E-state index is 0.619. The van der Waals surface area contributed by atoms with E-state index in [2.05, 4.69) is 37.3 Å². The van der Waals surface area contributed by atoms with Crippen LogP contribution in [0.1, 0.15) is 13.8 Å². The standard InChI is InChI=1S/C9H18N2/c1-5-11-7-8(2)10(4)6-9(11)3/h5,8-9H,1,6-7H2,2-4H3/t8-,9+/m0/s1. The van der Waals surface area contributed by atoms with Crippen molar-refractivity contribution in [3.63, 3.8) is 0 Å². The van der Waals surface area contributed by atoms with E-state index in [0.717, 1.165) is 13.1 Å². The molecule has 0 spiro atoms. The summed E-state index contributed by atoms with van der Waals surface area (Å²) in [5.41, 5.74) is 0. The summed E-state index contributed by atoms with van der Waals surface area (Å²) in [5, 5.41) is 0. The molecule has 0 amide bonds. The van der Waals surface area contributed by atoms with Gasteiger partial charge in [0.1, 0.15) is 0 Å². The first-order valence-corrected chi connectivity index (χ1v) is 4.23. The summed E-state index contributed by atoms with van der Waals surface area (Å²) >= 11 is 0. The monoisotopic (exact) mass is 154 g/mol. The van der Waals surface area contributed by atoms with Gasteiger partial charge in [-0.2, -0.15) is 0 Å². The van der Waals surface area contributed by atoms with Gasteiger partial charge < -0.3 is 4.90 Å². The first kappa shape index (κ1) is 8.60. The van der Waals surface area contributed by atoms with E-state index in [1.807, 2.05) is 6.20 Å². The van der Waals surface area contributed by atoms with Gasteiger partial charge in [-0.05, 0) is 27.1 Å². The molecule has 0 bridgehead atoms. The fraction of sp³-hybridized carbons (Fsp3) is 0.778. The first-order chi connectivity index (χ1) is 5.15. The molecule has 1 aliphatic heterocycles. The molecular weight excluding hydrogens is 136 g/mol. The summed E-state index contributed by atoms with van der Waals surface area (Å²) in [6.07, 6.45) is 1.95. The lowest BCUT2D eigenvalue weighted by Crippen LogP contribution is -2.52. The molecule has 1 saturated heterocycles. The zero-order chi connectivity index (χ0) is 8.43. The maximum Gasteiger partial charge on any atom is 0.0383 e. The van der Waals surface area contributed by atoms with Gasteiger partial charge in [0.15, 0.2) is 0 Å². The lowest BCUT2D eigenvalue weighted by molar-refractivity contribution is 0.0956. The van der Waals surface area contributed by atoms with Crippen LogP contribution in [0.25, 0.3) is 0 Å². The quantitative estimate of drug-likeness (QED) is 0.559. The molecule has 2 atom stereocenters. The van der Waals surface area contributed by atoms with Gasteiger partial charge in [0.05, 0.1) is 0 Å². The van der Waals surface area contributed by atoms with Gasteiger partial charge in [-0.1, -0.05) is 6.58 Å². The minimum Gasteiger partial charge on any atom is -0.372 e. The van der Waals surface area contributed by atoms with Crippen LogP contribution in [-0.4, -0.2) is 42.0 Å². The maximum absolute atomic E-state index is 3.80. The second kappa shape index (κ2) is 3.26. The molecule has 1 aliphatic rings. The Labute approximate surface area is 69.5 Å². The second-order valence-electron chi connectivity index (χ2n) is 3.52. The van der Waals surface area contributed by atoms with Crippen LogP contribution in [0.5, 0.6) is 0 Å². The molecule has 64 valence electrons. The van der Waals surface area contributed by atoms with Crippen LogP contribution in [0.4, 0.5) is 0 Å². The minimum atomic E-state index is 0.619. The van der Waals surface area contributed by atoms with Crippen molar-refractivity contribution in [1.82, 2.24) is 9.80 Å². The van der Waals surface area contributed by atoms with Crippen LogP contribution in [0.2, 0.25) is 0 Å². The SMILES string of the molecule is C=CN1C[C@H](C)N(C)C[C@H]1C. The zero-order valence-corrected chi connectivity index (χ0v) is 7.75. The lowest BCUT2D eigenvalue weighted by Gasteiger charge is -2.41. The molecule has 0 aromatic carbocycles. The summed E-state index contributed by atoms with van der Waals surface area (Å²) < 4.78 is 0. The van der Waals surface area contributed by atoms with Gasteiger partial charge in [0.2, 0.25) is 0 Å². The van der Waals surface area contributed by atoms with Crippen LogP contribution in [-0.2, 0) is 0 Å². The molecule has 1 fully saturated rings. The van der Waals surface area contributed by atoms with Crippen LogP contribution in [0.3, 0.4) is 0 Å². The Bertz CT molecular complexity index is 144. The normalized spacial score (nSPS) is 33.9. The molecule has 0 radical (unpaired) electrons. The Morgan fingerprint density at radius 1 is 1.27 bits per heavy atom. The van der Waals surface area contributed by atoms with Crippen LogP contribution in [0.15, 0.2) is 12.8 Å². The fourth-order valence-corrected chi connectivity index (χ4v) is 1.58. The smallest absolute Gasteiger partial charge is 0.0383 e. The van der Waals surface area contributed by atoms with Crippen molar-refractivity contribution in [1.29, 1.82) is 0 Å². The zero-order valence-electron chi connectivity index (χ0n) is 7.75. The molecule has 2 heteroatoms.